The van der Waals surface area contributed by atoms with Crippen molar-refractivity contribution in [3.63, 3.8) is 0 Å². The second-order valence-electron chi connectivity index (χ2n) is 6.69. The van der Waals surface area contributed by atoms with Crippen LogP contribution in [0, 0.1) is 0 Å². The highest BCUT2D eigenvalue weighted by Crippen LogP contribution is 2.28. The van der Waals surface area contributed by atoms with Crippen molar-refractivity contribution in [2.24, 2.45) is 0 Å². The normalized spacial score (nSPS) is 11.9. The Morgan fingerprint density at radius 3 is 2.47 bits per heavy atom. The predicted molar refractivity (Wildman–Crippen MR) is 118 cm³/mol. The lowest BCUT2D eigenvalue weighted by Gasteiger charge is -2.20. The van der Waals surface area contributed by atoms with Crippen LogP contribution in [0.25, 0.3) is 11.0 Å². The van der Waals surface area contributed by atoms with E-state index in [1.807, 2.05) is 13.8 Å². The van der Waals surface area contributed by atoms with Crippen molar-refractivity contribution < 1.29 is 22.7 Å². The zero-order chi connectivity index (χ0) is 23.5. The third-order valence-corrected chi connectivity index (χ3v) is 5.88. The molecule has 172 valence electrons. The molecule has 0 aliphatic rings. The topological polar surface area (TPSA) is 129 Å². The van der Waals surface area contributed by atoms with Gasteiger partial charge in [-0.25, -0.2) is 18.4 Å². The van der Waals surface area contributed by atoms with Gasteiger partial charge in [-0.2, -0.15) is 4.98 Å². The van der Waals surface area contributed by atoms with Crippen molar-refractivity contribution in [1.29, 1.82) is 0 Å². The van der Waals surface area contributed by atoms with Crippen LogP contribution in [0.1, 0.15) is 36.3 Å². The maximum atomic E-state index is 13.5. The third-order valence-electron chi connectivity index (χ3n) is 4.53. The average molecular weight is 483 g/mol. The van der Waals surface area contributed by atoms with Gasteiger partial charge in [-0.05, 0) is 31.5 Å². The molecule has 11 nitrogen and oxygen atoms in total. The van der Waals surface area contributed by atoms with Crippen molar-refractivity contribution in [3.8, 4) is 0 Å². The summed E-state index contributed by atoms with van der Waals surface area (Å²) in [6, 6.07) is 1.69. The molecule has 3 aromatic rings. The zero-order valence-electron chi connectivity index (χ0n) is 18.0. The van der Waals surface area contributed by atoms with Gasteiger partial charge in [0.05, 0.1) is 24.1 Å². The summed E-state index contributed by atoms with van der Waals surface area (Å²) in [5.41, 5.74) is 0.867. The minimum Gasteiger partial charge on any atom is -0.347 e. The Balaban J connectivity index is 2.11. The van der Waals surface area contributed by atoms with Crippen LogP contribution in [-0.4, -0.2) is 65.3 Å². The van der Waals surface area contributed by atoms with E-state index in [2.05, 4.69) is 19.9 Å². The molecule has 0 N–H and O–H groups in total. The van der Waals surface area contributed by atoms with Crippen LogP contribution >= 0.6 is 11.6 Å². The molecule has 0 saturated carbocycles. The Morgan fingerprint density at radius 1 is 1.19 bits per heavy atom. The molecule has 0 atom stereocenters. The summed E-state index contributed by atoms with van der Waals surface area (Å²) >= 11 is 5.98. The lowest BCUT2D eigenvalue weighted by atomic mass is 10.2. The molecule has 0 spiro atoms. The molecule has 0 saturated heterocycles. The molecule has 32 heavy (non-hydrogen) atoms. The number of sulfonamides is 1. The Labute approximate surface area is 190 Å². The average Bonchev–Trinajstić information content (AvgIpc) is 3.11. The minimum atomic E-state index is -3.61. The highest BCUT2D eigenvalue weighted by atomic mass is 35.5. The van der Waals surface area contributed by atoms with Gasteiger partial charge in [0.15, 0.2) is 17.8 Å². The van der Waals surface area contributed by atoms with Crippen molar-refractivity contribution >= 4 is 44.4 Å². The monoisotopic (exact) mass is 482 g/mol. The van der Waals surface area contributed by atoms with E-state index in [0.717, 1.165) is 10.6 Å². The molecule has 0 aliphatic heterocycles. The maximum Gasteiger partial charge on any atom is 0.238 e. The molecule has 0 bridgehead atoms. The fraction of sp³-hybridized carbons (Fsp3) is 0.421. The summed E-state index contributed by atoms with van der Waals surface area (Å²) in [7, 11) is -2.27. The van der Waals surface area contributed by atoms with Gasteiger partial charge in [0.1, 0.15) is 0 Å². The van der Waals surface area contributed by atoms with Crippen molar-refractivity contribution in [3.05, 3.63) is 41.3 Å². The molecule has 13 heteroatoms. The van der Waals surface area contributed by atoms with Crippen LogP contribution in [-0.2, 0) is 25.9 Å². The van der Waals surface area contributed by atoms with Crippen LogP contribution in [0.4, 0.5) is 5.82 Å². The van der Waals surface area contributed by atoms with Crippen LogP contribution in [0.15, 0.2) is 24.7 Å². The molecule has 0 amide bonds. The fourth-order valence-electron chi connectivity index (χ4n) is 3.07. The number of carbonyl (C=O) groups excluding carboxylic acids is 1. The molecule has 0 aliphatic carbocycles. The van der Waals surface area contributed by atoms with Gasteiger partial charge in [-0.15, -0.1) is 0 Å². The number of anilines is 1. The van der Waals surface area contributed by atoms with Gasteiger partial charge < -0.3 is 9.47 Å². The maximum absolute atomic E-state index is 13.5. The van der Waals surface area contributed by atoms with Crippen LogP contribution in [0.2, 0.25) is 5.28 Å². The van der Waals surface area contributed by atoms with Gasteiger partial charge in [-0.3, -0.25) is 18.7 Å². The summed E-state index contributed by atoms with van der Waals surface area (Å²) < 4.78 is 37.7. The number of halogens is 1. The summed E-state index contributed by atoms with van der Waals surface area (Å²) in [5.74, 6) is -0.391. The smallest absolute Gasteiger partial charge is 0.238 e. The van der Waals surface area contributed by atoms with E-state index < -0.39 is 22.2 Å². The fourth-order valence-corrected chi connectivity index (χ4v) is 3.67. The SMILES string of the molecule is CCOC(OCC)c1cc2cnc(Cl)nc2n1C(=O)Cc1nccnc1N(C)S(C)(=O)=O. The minimum absolute atomic E-state index is 0.0300. The number of aromatic nitrogens is 5. The molecule has 3 rings (SSSR count). The zero-order valence-corrected chi connectivity index (χ0v) is 19.6. The first-order valence-electron chi connectivity index (χ1n) is 9.71. The number of hydrogen-bond acceptors (Lipinski definition) is 9. The molecule has 3 heterocycles. The van der Waals surface area contributed by atoms with Gasteiger partial charge in [0.25, 0.3) is 0 Å². The molecule has 3 aromatic heterocycles. The second-order valence-corrected chi connectivity index (χ2v) is 9.04. The number of carbonyl (C=O) groups is 1. The number of rotatable bonds is 9. The number of ether oxygens (including phenoxy) is 2. The Hall–Kier alpha value is -2.67. The van der Waals surface area contributed by atoms with Gasteiger partial charge in [-0.1, -0.05) is 0 Å². The molecule has 0 unspecified atom stereocenters. The van der Waals surface area contributed by atoms with E-state index in [1.165, 1.54) is 30.2 Å². The van der Waals surface area contributed by atoms with E-state index in [0.29, 0.717) is 24.3 Å². The molecule has 0 fully saturated rings. The van der Waals surface area contributed by atoms with E-state index in [9.17, 15) is 13.2 Å². The predicted octanol–water partition coefficient (Wildman–Crippen LogP) is 2.22. The molecular weight excluding hydrogens is 460 g/mol. The summed E-state index contributed by atoms with van der Waals surface area (Å²) in [6.45, 7) is 4.31. The van der Waals surface area contributed by atoms with E-state index in [1.54, 1.807) is 6.07 Å². The summed E-state index contributed by atoms with van der Waals surface area (Å²) in [6.07, 6.45) is 4.19. The Bertz CT molecular complexity index is 1230. The van der Waals surface area contributed by atoms with E-state index in [-0.39, 0.29) is 28.9 Å². The summed E-state index contributed by atoms with van der Waals surface area (Å²) in [5, 5.41) is 0.535. The molecule has 0 radical (unpaired) electrons. The Morgan fingerprint density at radius 2 is 1.84 bits per heavy atom. The molecular formula is C19H23ClN6O5S. The lowest BCUT2D eigenvalue weighted by Crippen LogP contribution is -2.28. The first-order valence-corrected chi connectivity index (χ1v) is 11.9. The van der Waals surface area contributed by atoms with E-state index in [4.69, 9.17) is 21.1 Å². The Kier molecular flexibility index (Phi) is 7.39. The second kappa shape index (κ2) is 9.86. The summed E-state index contributed by atoms with van der Waals surface area (Å²) in [4.78, 5) is 29.9. The quantitative estimate of drug-likeness (QED) is 0.333. The van der Waals surface area contributed by atoms with Crippen molar-refractivity contribution in [2.45, 2.75) is 26.6 Å². The van der Waals surface area contributed by atoms with Gasteiger partial charge in [0, 0.05) is 44.2 Å². The van der Waals surface area contributed by atoms with Crippen LogP contribution < -0.4 is 4.31 Å². The number of fused-ring (bicyclic) bond motifs is 1. The largest absolute Gasteiger partial charge is 0.347 e. The van der Waals surface area contributed by atoms with Crippen LogP contribution in [0.5, 0.6) is 0 Å². The number of nitrogens with zero attached hydrogens (tertiary/aromatic N) is 6. The first kappa shape index (κ1) is 24.0. The standard InChI is InChI=1S/C19H23ClN6O5S/c1-5-30-18(31-6-2)14-9-12-11-23-19(20)24-16(12)26(14)15(27)10-13-17(22-8-7-21-13)25(3)32(4,28)29/h7-9,11,18H,5-6,10H2,1-4H3. The highest BCUT2D eigenvalue weighted by Gasteiger charge is 2.26. The van der Waals surface area contributed by atoms with Crippen molar-refractivity contribution in [1.82, 2.24) is 24.5 Å². The highest BCUT2D eigenvalue weighted by molar-refractivity contribution is 7.92. The first-order chi connectivity index (χ1) is 15.2. The lowest BCUT2D eigenvalue weighted by molar-refractivity contribution is -0.143. The van der Waals surface area contributed by atoms with Crippen molar-refractivity contribution in [2.75, 3.05) is 30.8 Å². The van der Waals surface area contributed by atoms with Crippen LogP contribution in [0.3, 0.4) is 0 Å². The van der Waals surface area contributed by atoms with E-state index >= 15 is 0 Å². The third kappa shape index (κ3) is 5.04. The molecule has 0 aromatic carbocycles. The van der Waals surface area contributed by atoms with Gasteiger partial charge >= 0.3 is 0 Å². The van der Waals surface area contributed by atoms with Gasteiger partial charge in [0.2, 0.25) is 21.2 Å². The number of hydrogen-bond donors (Lipinski definition) is 0.